The average Bonchev–Trinajstić information content (AvgIpc) is 2.45. The number of nitrogens with one attached hydrogen (secondary N) is 1. The zero-order chi connectivity index (χ0) is 13.5. The Bertz CT molecular complexity index is 499. The smallest absolute Gasteiger partial charge is 0.0410 e. The molecule has 0 saturated heterocycles. The monoisotopic (exact) mass is 318 g/mol. The molecule has 1 aromatic heterocycles. The molecule has 1 aromatic carbocycles. The average molecular weight is 319 g/mol. The number of rotatable bonds is 6. The van der Waals surface area contributed by atoms with Gasteiger partial charge in [-0.25, -0.2) is 0 Å². The summed E-state index contributed by atoms with van der Waals surface area (Å²) in [5, 5.41) is 3.37. The summed E-state index contributed by atoms with van der Waals surface area (Å²) in [6, 6.07) is 13.1. The predicted octanol–water partition coefficient (Wildman–Crippen LogP) is 4.13. The summed E-state index contributed by atoms with van der Waals surface area (Å²) in [4.78, 5) is 4.23. The number of aromatic nitrogens is 1. The highest BCUT2D eigenvalue weighted by molar-refractivity contribution is 9.10. The van der Waals surface area contributed by atoms with Crippen molar-refractivity contribution < 1.29 is 0 Å². The Hall–Kier alpha value is -1.19. The standard InChI is InChI=1S/C16H19BrN2/c1-18-16(14-10-15(17)12-19-11-14)9-5-8-13-6-3-2-4-7-13/h2-4,6-7,10-12,16,18H,5,8-9H2,1H3. The van der Waals surface area contributed by atoms with Crippen molar-refractivity contribution in [2.75, 3.05) is 7.05 Å². The van der Waals surface area contributed by atoms with Crippen LogP contribution in [0.4, 0.5) is 0 Å². The van der Waals surface area contributed by atoms with Gasteiger partial charge in [0, 0.05) is 22.9 Å². The molecule has 0 radical (unpaired) electrons. The Balaban J connectivity index is 1.89. The summed E-state index contributed by atoms with van der Waals surface area (Å²) >= 11 is 3.47. The highest BCUT2D eigenvalue weighted by Crippen LogP contribution is 2.21. The Morgan fingerprint density at radius 3 is 2.68 bits per heavy atom. The van der Waals surface area contributed by atoms with Crippen LogP contribution in [0.5, 0.6) is 0 Å². The fraction of sp³-hybridized carbons (Fsp3) is 0.312. The first-order valence-electron chi connectivity index (χ1n) is 6.61. The van der Waals surface area contributed by atoms with Crippen LogP contribution in [0.3, 0.4) is 0 Å². The Morgan fingerprint density at radius 1 is 1.21 bits per heavy atom. The number of aryl methyl sites for hydroxylation is 1. The molecule has 0 fully saturated rings. The van der Waals surface area contributed by atoms with E-state index in [1.165, 1.54) is 17.5 Å². The Kier molecular flexibility index (Phi) is 5.55. The number of benzene rings is 1. The molecule has 0 aliphatic rings. The van der Waals surface area contributed by atoms with Crippen LogP contribution in [0, 0.1) is 0 Å². The molecule has 19 heavy (non-hydrogen) atoms. The van der Waals surface area contributed by atoms with E-state index < -0.39 is 0 Å². The first-order chi connectivity index (χ1) is 9.29. The van der Waals surface area contributed by atoms with Gasteiger partial charge in [0.05, 0.1) is 0 Å². The second kappa shape index (κ2) is 7.41. The molecule has 0 saturated carbocycles. The van der Waals surface area contributed by atoms with E-state index in [0.717, 1.165) is 17.3 Å². The third kappa shape index (κ3) is 4.44. The van der Waals surface area contributed by atoms with Crippen molar-refractivity contribution in [2.24, 2.45) is 0 Å². The van der Waals surface area contributed by atoms with Gasteiger partial charge in [0.25, 0.3) is 0 Å². The maximum absolute atomic E-state index is 4.23. The summed E-state index contributed by atoms with van der Waals surface area (Å²) in [5.41, 5.74) is 2.65. The van der Waals surface area contributed by atoms with Gasteiger partial charge in [0.15, 0.2) is 0 Å². The van der Waals surface area contributed by atoms with Gasteiger partial charge in [-0.15, -0.1) is 0 Å². The van der Waals surface area contributed by atoms with Gasteiger partial charge in [-0.05, 0) is 59.4 Å². The predicted molar refractivity (Wildman–Crippen MR) is 83.1 cm³/mol. The van der Waals surface area contributed by atoms with Crippen molar-refractivity contribution in [3.8, 4) is 0 Å². The van der Waals surface area contributed by atoms with Gasteiger partial charge in [0.1, 0.15) is 0 Å². The normalized spacial score (nSPS) is 12.3. The summed E-state index contributed by atoms with van der Waals surface area (Å²) in [7, 11) is 2.01. The van der Waals surface area contributed by atoms with E-state index in [1.54, 1.807) is 0 Å². The fourth-order valence-electron chi connectivity index (χ4n) is 2.25. The van der Waals surface area contributed by atoms with Crippen molar-refractivity contribution in [3.05, 3.63) is 64.4 Å². The summed E-state index contributed by atoms with van der Waals surface area (Å²) in [5.74, 6) is 0. The van der Waals surface area contributed by atoms with Crippen LogP contribution in [0.2, 0.25) is 0 Å². The van der Waals surface area contributed by atoms with Gasteiger partial charge in [-0.3, -0.25) is 4.98 Å². The molecule has 0 bridgehead atoms. The number of nitrogens with zero attached hydrogens (tertiary/aromatic N) is 1. The molecule has 0 aliphatic carbocycles. The first-order valence-corrected chi connectivity index (χ1v) is 7.40. The molecule has 1 heterocycles. The van der Waals surface area contributed by atoms with E-state index in [4.69, 9.17) is 0 Å². The third-order valence-electron chi connectivity index (χ3n) is 3.28. The lowest BCUT2D eigenvalue weighted by molar-refractivity contribution is 0.525. The lowest BCUT2D eigenvalue weighted by Crippen LogP contribution is -2.16. The summed E-state index contributed by atoms with van der Waals surface area (Å²) in [6.45, 7) is 0. The van der Waals surface area contributed by atoms with E-state index >= 15 is 0 Å². The molecule has 0 aliphatic heterocycles. The highest BCUT2D eigenvalue weighted by Gasteiger charge is 2.09. The summed E-state index contributed by atoms with van der Waals surface area (Å²) < 4.78 is 1.04. The highest BCUT2D eigenvalue weighted by atomic mass is 79.9. The zero-order valence-electron chi connectivity index (χ0n) is 11.1. The maximum Gasteiger partial charge on any atom is 0.0410 e. The molecule has 2 rings (SSSR count). The minimum absolute atomic E-state index is 0.369. The molecule has 0 spiro atoms. The van der Waals surface area contributed by atoms with Crippen molar-refractivity contribution in [1.29, 1.82) is 0 Å². The van der Waals surface area contributed by atoms with Crippen LogP contribution in [-0.2, 0) is 6.42 Å². The molecular weight excluding hydrogens is 300 g/mol. The molecule has 1 N–H and O–H groups in total. The van der Waals surface area contributed by atoms with E-state index in [9.17, 15) is 0 Å². The number of hydrogen-bond donors (Lipinski definition) is 1. The molecule has 0 amide bonds. The van der Waals surface area contributed by atoms with Gasteiger partial charge in [-0.2, -0.15) is 0 Å². The SMILES string of the molecule is CNC(CCCc1ccccc1)c1cncc(Br)c1. The van der Waals surface area contributed by atoms with Gasteiger partial charge < -0.3 is 5.32 Å². The maximum atomic E-state index is 4.23. The Labute approximate surface area is 123 Å². The van der Waals surface area contributed by atoms with Gasteiger partial charge in [-0.1, -0.05) is 30.3 Å². The second-order valence-electron chi connectivity index (χ2n) is 4.66. The molecule has 3 heteroatoms. The van der Waals surface area contributed by atoms with Crippen LogP contribution in [0.25, 0.3) is 0 Å². The van der Waals surface area contributed by atoms with E-state index in [0.29, 0.717) is 6.04 Å². The molecule has 100 valence electrons. The van der Waals surface area contributed by atoms with E-state index in [1.807, 2.05) is 19.4 Å². The Morgan fingerprint density at radius 2 is 2.00 bits per heavy atom. The quantitative estimate of drug-likeness (QED) is 0.866. The number of pyridine rings is 1. The van der Waals surface area contributed by atoms with E-state index in [-0.39, 0.29) is 0 Å². The zero-order valence-corrected chi connectivity index (χ0v) is 12.7. The molecule has 2 nitrogen and oxygen atoms in total. The van der Waals surface area contributed by atoms with Crippen LogP contribution >= 0.6 is 15.9 Å². The lowest BCUT2D eigenvalue weighted by atomic mass is 10.0. The second-order valence-corrected chi connectivity index (χ2v) is 5.57. The first kappa shape index (κ1) is 14.2. The van der Waals surface area contributed by atoms with Crippen molar-refractivity contribution in [2.45, 2.75) is 25.3 Å². The largest absolute Gasteiger partial charge is 0.313 e. The van der Waals surface area contributed by atoms with E-state index in [2.05, 4.69) is 62.6 Å². The third-order valence-corrected chi connectivity index (χ3v) is 3.71. The molecule has 2 aromatic rings. The van der Waals surface area contributed by atoms with Gasteiger partial charge in [0.2, 0.25) is 0 Å². The molecular formula is C16H19BrN2. The minimum atomic E-state index is 0.369. The fourth-order valence-corrected chi connectivity index (χ4v) is 2.63. The molecule has 1 atom stereocenters. The summed E-state index contributed by atoms with van der Waals surface area (Å²) in [6.07, 6.45) is 7.17. The van der Waals surface area contributed by atoms with Crippen molar-refractivity contribution in [1.82, 2.24) is 10.3 Å². The van der Waals surface area contributed by atoms with Crippen LogP contribution < -0.4 is 5.32 Å². The van der Waals surface area contributed by atoms with Crippen LogP contribution in [0.1, 0.15) is 30.0 Å². The number of halogens is 1. The van der Waals surface area contributed by atoms with Crippen LogP contribution in [-0.4, -0.2) is 12.0 Å². The topological polar surface area (TPSA) is 24.9 Å². The van der Waals surface area contributed by atoms with Crippen molar-refractivity contribution >= 4 is 15.9 Å². The van der Waals surface area contributed by atoms with Gasteiger partial charge >= 0.3 is 0 Å². The van der Waals surface area contributed by atoms with Crippen LogP contribution in [0.15, 0.2) is 53.3 Å². The minimum Gasteiger partial charge on any atom is -0.313 e. The van der Waals surface area contributed by atoms with Crippen molar-refractivity contribution in [3.63, 3.8) is 0 Å². The lowest BCUT2D eigenvalue weighted by Gasteiger charge is -2.16. The molecule has 1 unspecified atom stereocenters. The number of hydrogen-bond acceptors (Lipinski definition) is 2.